The van der Waals surface area contributed by atoms with Gasteiger partial charge < -0.3 is 14.4 Å². The van der Waals surface area contributed by atoms with Crippen LogP contribution in [0.25, 0.3) is 6.08 Å². The maximum Gasteiger partial charge on any atom is 0.260 e. The molecule has 0 atom stereocenters. The molecule has 1 aliphatic heterocycles. The summed E-state index contributed by atoms with van der Waals surface area (Å²) in [6.45, 7) is 2.29. The molecule has 1 aliphatic rings. The highest BCUT2D eigenvalue weighted by molar-refractivity contribution is 7.17. The van der Waals surface area contributed by atoms with Crippen LogP contribution in [0.2, 0.25) is 4.34 Å². The highest BCUT2D eigenvalue weighted by Gasteiger charge is 2.17. The van der Waals surface area contributed by atoms with Crippen molar-refractivity contribution in [2.75, 3.05) is 32.9 Å². The third-order valence-corrected chi connectivity index (χ3v) is 5.05. The normalized spacial score (nSPS) is 14.6. The number of halogens is 1. The fourth-order valence-electron chi connectivity index (χ4n) is 2.44. The van der Waals surface area contributed by atoms with Crippen molar-refractivity contribution in [1.82, 2.24) is 4.90 Å². The lowest BCUT2D eigenvalue weighted by atomic mass is 10.1. The Balaban J connectivity index is 1.51. The lowest BCUT2D eigenvalue weighted by Crippen LogP contribution is -2.42. The van der Waals surface area contributed by atoms with Gasteiger partial charge >= 0.3 is 0 Å². The van der Waals surface area contributed by atoms with Crippen molar-refractivity contribution in [3.63, 3.8) is 0 Å². The van der Waals surface area contributed by atoms with Crippen LogP contribution in [0.3, 0.4) is 0 Å². The van der Waals surface area contributed by atoms with E-state index in [9.17, 15) is 9.59 Å². The van der Waals surface area contributed by atoms with Crippen LogP contribution in [-0.4, -0.2) is 49.5 Å². The predicted octanol–water partition coefficient (Wildman–Crippen LogP) is 3.54. The van der Waals surface area contributed by atoms with Gasteiger partial charge in [0.2, 0.25) is 0 Å². The van der Waals surface area contributed by atoms with Crippen LogP contribution in [0.5, 0.6) is 5.75 Å². The smallest absolute Gasteiger partial charge is 0.260 e. The van der Waals surface area contributed by atoms with Crippen LogP contribution in [0, 0.1) is 0 Å². The minimum absolute atomic E-state index is 0.0215. The number of allylic oxidation sites excluding steroid dienone is 1. The first-order chi connectivity index (χ1) is 12.6. The Morgan fingerprint density at radius 1 is 1.15 bits per heavy atom. The molecule has 3 rings (SSSR count). The summed E-state index contributed by atoms with van der Waals surface area (Å²) < 4.78 is 11.4. The molecule has 136 valence electrons. The summed E-state index contributed by atoms with van der Waals surface area (Å²) in [5, 5.41) is 0. The zero-order chi connectivity index (χ0) is 18.4. The lowest BCUT2D eigenvalue weighted by Gasteiger charge is -2.26. The molecule has 2 heterocycles. The minimum atomic E-state index is -0.106. The van der Waals surface area contributed by atoms with E-state index in [2.05, 4.69) is 0 Å². The number of carbonyl (C=O) groups excluding carboxylic acids is 2. The fraction of sp³-hybridized carbons (Fsp3) is 0.263. The molecule has 26 heavy (non-hydrogen) atoms. The van der Waals surface area contributed by atoms with Crippen molar-refractivity contribution in [3.8, 4) is 5.75 Å². The number of thiophene rings is 1. The van der Waals surface area contributed by atoms with Crippen LogP contribution in [0.1, 0.15) is 15.2 Å². The molecule has 0 radical (unpaired) electrons. The molecule has 0 unspecified atom stereocenters. The first-order valence-electron chi connectivity index (χ1n) is 8.18. The Morgan fingerprint density at radius 3 is 2.54 bits per heavy atom. The monoisotopic (exact) mass is 391 g/mol. The van der Waals surface area contributed by atoms with Crippen molar-refractivity contribution >= 4 is 40.7 Å². The summed E-state index contributed by atoms with van der Waals surface area (Å²) in [4.78, 5) is 26.9. The first-order valence-corrected chi connectivity index (χ1v) is 9.37. The van der Waals surface area contributed by atoms with Gasteiger partial charge in [-0.3, -0.25) is 9.59 Å². The molecule has 2 aromatic rings. The first kappa shape index (κ1) is 18.6. The molecule has 0 saturated carbocycles. The molecule has 0 aliphatic carbocycles. The second-order valence-corrected chi connectivity index (χ2v) is 7.39. The second-order valence-electron chi connectivity index (χ2n) is 5.65. The number of benzene rings is 1. The Bertz CT molecular complexity index is 794. The average Bonchev–Trinajstić information content (AvgIpc) is 3.10. The SMILES string of the molecule is O=C(/C=C/c1ccc(Cl)s1)c1ccc(OCC(=O)N2CCOCC2)cc1. The highest BCUT2D eigenvalue weighted by atomic mass is 35.5. The number of ketones is 1. The number of carbonyl (C=O) groups is 2. The summed E-state index contributed by atoms with van der Waals surface area (Å²) in [6.07, 6.45) is 3.25. The second kappa shape index (κ2) is 8.98. The summed E-state index contributed by atoms with van der Waals surface area (Å²) in [5.41, 5.74) is 0.552. The van der Waals surface area contributed by atoms with Gasteiger partial charge in [0.05, 0.1) is 17.6 Å². The number of rotatable bonds is 6. The number of amides is 1. The Morgan fingerprint density at radius 2 is 1.88 bits per heavy atom. The molecule has 0 spiro atoms. The van der Waals surface area contributed by atoms with Gasteiger partial charge in [-0.25, -0.2) is 0 Å². The van der Waals surface area contributed by atoms with E-state index in [1.54, 1.807) is 41.3 Å². The number of hydrogen-bond acceptors (Lipinski definition) is 5. The maximum atomic E-state index is 12.2. The van der Waals surface area contributed by atoms with Gasteiger partial charge in [0.15, 0.2) is 12.4 Å². The minimum Gasteiger partial charge on any atom is -0.484 e. The van der Waals surface area contributed by atoms with Crippen molar-refractivity contribution in [3.05, 3.63) is 57.3 Å². The van der Waals surface area contributed by atoms with E-state index in [1.807, 2.05) is 6.07 Å². The molecule has 1 saturated heterocycles. The van der Waals surface area contributed by atoms with Crippen LogP contribution in [0.15, 0.2) is 42.5 Å². The predicted molar refractivity (Wildman–Crippen MR) is 102 cm³/mol. The van der Waals surface area contributed by atoms with E-state index in [1.165, 1.54) is 17.4 Å². The largest absolute Gasteiger partial charge is 0.484 e. The van der Waals surface area contributed by atoms with Crippen LogP contribution >= 0.6 is 22.9 Å². The summed E-state index contributed by atoms with van der Waals surface area (Å²) in [5.74, 6) is 0.383. The van der Waals surface area contributed by atoms with Crippen molar-refractivity contribution in [2.24, 2.45) is 0 Å². The fourth-order valence-corrected chi connectivity index (χ4v) is 3.40. The molecule has 1 amide bonds. The quantitative estimate of drug-likeness (QED) is 0.558. The number of nitrogens with zero attached hydrogens (tertiary/aromatic N) is 1. The molecule has 5 nitrogen and oxygen atoms in total. The number of hydrogen-bond donors (Lipinski definition) is 0. The Kier molecular flexibility index (Phi) is 6.44. The van der Waals surface area contributed by atoms with Gasteiger partial charge in [-0.1, -0.05) is 11.6 Å². The molecule has 1 aromatic carbocycles. The van der Waals surface area contributed by atoms with Gasteiger partial charge in [0.25, 0.3) is 5.91 Å². The summed E-state index contributed by atoms with van der Waals surface area (Å²) in [6, 6.07) is 10.4. The molecule has 0 bridgehead atoms. The van der Waals surface area contributed by atoms with Crippen LogP contribution in [0.4, 0.5) is 0 Å². The Hall–Kier alpha value is -2.15. The van der Waals surface area contributed by atoms with Crippen molar-refractivity contribution in [1.29, 1.82) is 0 Å². The molecule has 1 fully saturated rings. The standard InChI is InChI=1S/C19H18ClNO4S/c20-18-8-6-16(26-18)5-7-17(22)14-1-3-15(4-2-14)25-13-19(23)21-9-11-24-12-10-21/h1-8H,9-13H2/b7-5+. The number of morpholine rings is 1. The van der Waals surface area contributed by atoms with E-state index < -0.39 is 0 Å². The number of ether oxygens (including phenoxy) is 2. The van der Waals surface area contributed by atoms with Gasteiger partial charge in [0.1, 0.15) is 5.75 Å². The van der Waals surface area contributed by atoms with E-state index in [-0.39, 0.29) is 18.3 Å². The molecule has 0 N–H and O–H groups in total. The van der Waals surface area contributed by atoms with Gasteiger partial charge in [0, 0.05) is 23.5 Å². The third kappa shape index (κ3) is 5.17. The van der Waals surface area contributed by atoms with E-state index in [0.29, 0.717) is 42.0 Å². The van der Waals surface area contributed by atoms with Gasteiger partial charge in [-0.2, -0.15) is 0 Å². The topological polar surface area (TPSA) is 55.8 Å². The highest BCUT2D eigenvalue weighted by Crippen LogP contribution is 2.22. The maximum absolute atomic E-state index is 12.2. The molecule has 7 heteroatoms. The van der Waals surface area contributed by atoms with E-state index in [4.69, 9.17) is 21.1 Å². The summed E-state index contributed by atoms with van der Waals surface area (Å²) >= 11 is 7.28. The van der Waals surface area contributed by atoms with Crippen molar-refractivity contribution < 1.29 is 19.1 Å². The van der Waals surface area contributed by atoms with Crippen molar-refractivity contribution in [2.45, 2.75) is 0 Å². The average molecular weight is 392 g/mol. The molecular formula is C19H18ClNO4S. The van der Waals surface area contributed by atoms with E-state index in [0.717, 1.165) is 4.88 Å². The van der Waals surface area contributed by atoms with Gasteiger partial charge in [-0.05, 0) is 48.6 Å². The summed E-state index contributed by atoms with van der Waals surface area (Å²) in [7, 11) is 0. The lowest BCUT2D eigenvalue weighted by molar-refractivity contribution is -0.137. The van der Waals surface area contributed by atoms with Crippen LogP contribution < -0.4 is 4.74 Å². The van der Waals surface area contributed by atoms with E-state index >= 15 is 0 Å². The molecule has 1 aromatic heterocycles. The third-order valence-electron chi connectivity index (χ3n) is 3.86. The Labute approximate surface area is 160 Å². The van der Waals surface area contributed by atoms with Gasteiger partial charge in [-0.15, -0.1) is 11.3 Å². The zero-order valence-corrected chi connectivity index (χ0v) is 15.6. The molecular weight excluding hydrogens is 374 g/mol. The van der Waals surface area contributed by atoms with Crippen LogP contribution in [-0.2, 0) is 9.53 Å². The zero-order valence-electron chi connectivity index (χ0n) is 14.0.